The minimum atomic E-state index is -1.71. The smallest absolute Gasteiger partial charge is 0.370 e. The summed E-state index contributed by atoms with van der Waals surface area (Å²) >= 11 is 0. The van der Waals surface area contributed by atoms with Crippen LogP contribution in [0.5, 0.6) is 0 Å². The summed E-state index contributed by atoms with van der Waals surface area (Å²) in [5, 5.41) is 0. The molecule has 0 aromatic rings. The van der Waals surface area contributed by atoms with Gasteiger partial charge in [-0.25, -0.2) is 4.79 Å². The number of carbonyl (C=O) groups excluding carboxylic acids is 1. The molecule has 0 spiro atoms. The Hall–Kier alpha value is -0.753. The highest BCUT2D eigenvalue weighted by molar-refractivity contribution is 6.71. The van der Waals surface area contributed by atoms with Crippen molar-refractivity contribution in [2.45, 2.75) is 26.6 Å². The molecule has 56 valence electrons. The van der Waals surface area contributed by atoms with Crippen LogP contribution in [0.1, 0.15) is 6.92 Å². The number of hydrogen-bond acceptors (Lipinski definition) is 2. The molecule has 3 heteroatoms. The Bertz CT molecular complexity index is 180. The van der Waals surface area contributed by atoms with Crippen molar-refractivity contribution >= 4 is 14.3 Å². The highest BCUT2D eigenvalue weighted by Gasteiger charge is 2.18. The molecule has 0 saturated carbocycles. The van der Waals surface area contributed by atoms with Crippen molar-refractivity contribution in [1.82, 2.24) is 0 Å². The Labute approximate surface area is 62.7 Å². The summed E-state index contributed by atoms with van der Waals surface area (Å²) in [6, 6.07) is 0. The average Bonchev–Trinajstić information content (AvgIpc) is 1.59. The molecule has 0 unspecified atom stereocenters. The maximum absolute atomic E-state index is 10.7. The van der Waals surface area contributed by atoms with Gasteiger partial charge < -0.3 is 4.43 Å². The molecule has 0 atom stereocenters. The summed E-state index contributed by atoms with van der Waals surface area (Å²) in [7, 11) is -1.71. The third-order valence-electron chi connectivity index (χ3n) is 0.626. The van der Waals surface area contributed by atoms with E-state index in [-0.39, 0.29) is 0 Å². The van der Waals surface area contributed by atoms with Crippen LogP contribution in [0.2, 0.25) is 19.6 Å². The van der Waals surface area contributed by atoms with Gasteiger partial charge in [-0.05, 0) is 26.6 Å². The maximum atomic E-state index is 10.7. The van der Waals surface area contributed by atoms with E-state index in [9.17, 15) is 4.79 Å². The monoisotopic (exact) mass is 156 g/mol. The Kier molecular flexibility index (Phi) is 3.17. The molecule has 0 aromatic carbocycles. The van der Waals surface area contributed by atoms with E-state index in [0.29, 0.717) is 0 Å². The van der Waals surface area contributed by atoms with Crippen LogP contribution >= 0.6 is 0 Å². The Morgan fingerprint density at radius 2 is 1.90 bits per heavy atom. The van der Waals surface area contributed by atoms with Crippen LogP contribution in [0.25, 0.3) is 0 Å². The number of rotatable bonds is 1. The SMILES string of the molecule is CC#CC(=O)O[Si](C)(C)C. The molecule has 2 nitrogen and oxygen atoms in total. The zero-order valence-electron chi connectivity index (χ0n) is 6.82. The number of hydrogen-bond donors (Lipinski definition) is 0. The van der Waals surface area contributed by atoms with Gasteiger partial charge in [0, 0.05) is 5.92 Å². The van der Waals surface area contributed by atoms with Crippen LogP contribution in [0.4, 0.5) is 0 Å². The van der Waals surface area contributed by atoms with Gasteiger partial charge in [-0.2, -0.15) is 0 Å². The lowest BCUT2D eigenvalue weighted by molar-refractivity contribution is -0.128. The molecule has 0 fully saturated rings. The lowest BCUT2D eigenvalue weighted by Gasteiger charge is -2.13. The summed E-state index contributed by atoms with van der Waals surface area (Å²) in [5.74, 6) is 4.41. The first kappa shape index (κ1) is 9.25. The van der Waals surface area contributed by atoms with E-state index < -0.39 is 14.3 Å². The number of carbonyl (C=O) groups is 1. The first-order valence-electron chi connectivity index (χ1n) is 3.11. The van der Waals surface area contributed by atoms with E-state index in [1.807, 2.05) is 19.6 Å². The van der Waals surface area contributed by atoms with Gasteiger partial charge in [0.2, 0.25) is 8.32 Å². The van der Waals surface area contributed by atoms with Crippen LogP contribution in [0.15, 0.2) is 0 Å². The quantitative estimate of drug-likeness (QED) is 0.423. The molecule has 0 heterocycles. The molecule has 0 amide bonds. The second-order valence-electron chi connectivity index (χ2n) is 2.88. The molecule has 0 N–H and O–H groups in total. The topological polar surface area (TPSA) is 26.3 Å². The van der Waals surface area contributed by atoms with Crippen LogP contribution < -0.4 is 0 Å². The minimum Gasteiger partial charge on any atom is -0.511 e. The third kappa shape index (κ3) is 5.38. The maximum Gasteiger partial charge on any atom is 0.370 e. The van der Waals surface area contributed by atoms with Gasteiger partial charge in [-0.15, -0.1) is 0 Å². The standard InChI is InChI=1S/C7H12O2Si/c1-5-6-7(8)9-10(2,3)4/h1-4H3. The van der Waals surface area contributed by atoms with Crippen molar-refractivity contribution in [1.29, 1.82) is 0 Å². The highest BCUT2D eigenvalue weighted by Crippen LogP contribution is 2.01. The minimum absolute atomic E-state index is 0.401. The fourth-order valence-corrected chi connectivity index (χ4v) is 1.01. The van der Waals surface area contributed by atoms with Gasteiger partial charge in [0.05, 0.1) is 0 Å². The van der Waals surface area contributed by atoms with Crippen LogP contribution in [-0.4, -0.2) is 14.3 Å². The van der Waals surface area contributed by atoms with Crippen LogP contribution in [-0.2, 0) is 9.22 Å². The molecule has 0 bridgehead atoms. The third-order valence-corrected chi connectivity index (χ3v) is 1.42. The highest BCUT2D eigenvalue weighted by atomic mass is 28.4. The van der Waals surface area contributed by atoms with Crippen molar-refractivity contribution in [2.24, 2.45) is 0 Å². The fraction of sp³-hybridized carbons (Fsp3) is 0.571. The molecule has 10 heavy (non-hydrogen) atoms. The van der Waals surface area contributed by atoms with Crippen LogP contribution in [0.3, 0.4) is 0 Å². The van der Waals surface area contributed by atoms with Crippen molar-refractivity contribution in [3.05, 3.63) is 0 Å². The first-order valence-corrected chi connectivity index (χ1v) is 6.52. The molecule has 0 aliphatic heterocycles. The Morgan fingerprint density at radius 3 is 2.20 bits per heavy atom. The van der Waals surface area contributed by atoms with Gasteiger partial charge in [-0.3, -0.25) is 0 Å². The second-order valence-corrected chi connectivity index (χ2v) is 7.31. The Morgan fingerprint density at radius 1 is 1.40 bits per heavy atom. The van der Waals surface area contributed by atoms with Gasteiger partial charge in [0.1, 0.15) is 0 Å². The summed E-state index contributed by atoms with van der Waals surface area (Å²) in [4.78, 5) is 10.7. The van der Waals surface area contributed by atoms with Crippen molar-refractivity contribution in [3.8, 4) is 11.8 Å². The summed E-state index contributed by atoms with van der Waals surface area (Å²) in [6.07, 6.45) is 0. The molecular formula is C7H12O2Si. The molecule has 0 aliphatic carbocycles. The molecule has 0 radical (unpaired) electrons. The molecule has 0 aliphatic rings. The summed E-state index contributed by atoms with van der Waals surface area (Å²) in [6.45, 7) is 7.46. The van der Waals surface area contributed by atoms with Gasteiger partial charge >= 0.3 is 5.97 Å². The molecule has 0 saturated heterocycles. The van der Waals surface area contributed by atoms with Gasteiger partial charge in [0.25, 0.3) is 0 Å². The second kappa shape index (κ2) is 3.42. The van der Waals surface area contributed by atoms with E-state index in [1.165, 1.54) is 0 Å². The zero-order valence-corrected chi connectivity index (χ0v) is 7.82. The summed E-state index contributed by atoms with van der Waals surface area (Å²) < 4.78 is 5.00. The predicted molar refractivity (Wildman–Crippen MR) is 42.9 cm³/mol. The largest absolute Gasteiger partial charge is 0.511 e. The van der Waals surface area contributed by atoms with Crippen molar-refractivity contribution < 1.29 is 9.22 Å². The van der Waals surface area contributed by atoms with Crippen molar-refractivity contribution in [2.75, 3.05) is 0 Å². The van der Waals surface area contributed by atoms with E-state index >= 15 is 0 Å². The van der Waals surface area contributed by atoms with Crippen LogP contribution in [0, 0.1) is 11.8 Å². The van der Waals surface area contributed by atoms with E-state index in [4.69, 9.17) is 4.43 Å². The predicted octanol–water partition coefficient (Wildman–Crippen LogP) is 1.39. The average molecular weight is 156 g/mol. The first-order chi connectivity index (χ1) is 4.45. The molecule has 0 aromatic heterocycles. The fourth-order valence-electron chi connectivity index (χ4n) is 0.406. The lowest BCUT2D eigenvalue weighted by Crippen LogP contribution is -2.28. The lowest BCUT2D eigenvalue weighted by atomic mass is 10.6. The normalized spacial score (nSPS) is 9.60. The van der Waals surface area contributed by atoms with E-state index in [0.717, 1.165) is 0 Å². The Balaban J connectivity index is 3.89. The van der Waals surface area contributed by atoms with Gasteiger partial charge in [0.15, 0.2) is 0 Å². The van der Waals surface area contributed by atoms with E-state index in [2.05, 4.69) is 11.8 Å². The zero-order chi connectivity index (χ0) is 8.20. The summed E-state index contributed by atoms with van der Waals surface area (Å²) in [5.41, 5.74) is 0. The molecule has 0 rings (SSSR count). The van der Waals surface area contributed by atoms with Crippen molar-refractivity contribution in [3.63, 3.8) is 0 Å². The van der Waals surface area contributed by atoms with Gasteiger partial charge in [-0.1, -0.05) is 5.92 Å². The van der Waals surface area contributed by atoms with E-state index in [1.54, 1.807) is 6.92 Å². The molecular weight excluding hydrogens is 144 g/mol.